The topological polar surface area (TPSA) is 310 Å². The Morgan fingerprint density at radius 1 is 0.466 bits per heavy atom. The van der Waals surface area contributed by atoms with Crippen LogP contribution in [0.1, 0.15) is 98.6 Å². The van der Waals surface area contributed by atoms with Crippen LogP contribution in [0.15, 0.2) is 234 Å². The fourth-order valence-electron chi connectivity index (χ4n) is 13.6. The number of aliphatic hydroxyl groups excluding tert-OH is 1. The van der Waals surface area contributed by atoms with Gasteiger partial charge in [-0.1, -0.05) is 131 Å². The molecule has 17 rings (SSSR count). The molecule has 0 saturated carbocycles. The lowest BCUT2D eigenvalue weighted by atomic mass is 10.1. The van der Waals surface area contributed by atoms with Crippen LogP contribution in [0.3, 0.4) is 0 Å². The molecule has 0 spiro atoms. The fraction of sp³-hybridized carbons (Fsp3) is 0.207. The van der Waals surface area contributed by atoms with E-state index in [0.29, 0.717) is 95.1 Å². The number of H-pyrrole nitrogens is 1. The number of methoxy groups -OCH3 is 2. The zero-order valence-electron chi connectivity index (χ0n) is 64.0. The Morgan fingerprint density at radius 2 is 0.871 bits per heavy atom. The largest absolute Gasteiger partial charge is 0.497 e. The van der Waals surface area contributed by atoms with E-state index >= 15 is 0 Å². The standard InChI is InChI=1S/C26H22ClN5O2.C19H19ClN2O2.C18H13Cl2N5.C18H14ClN5O.C6H13NO/c1-16(31-25-24-21(29-15-30-25)7-4-12-28-24)22-13-18-5-3-6-20(27)23(18)26(33)32(22)14-17-8-10-19(34-2)11-9-17;1-12(21)17-10-14-4-3-5-16(20)18(14)19(23)22(17)11-13-6-8-15(24-2)9-7-13;1-10(24-18-16-13(22-9-23-18)6-3-7-21-16)14-8-11-4-2-5-12(19)15(11)17(20)25-14;1-10(23-17-16-13(21-9-22-17)6-3-7-20-16)14-8-11-4-2-5-12(19)15(11)18(25)24-14;8-6-5-7-3-1-2-4-7/h3-13,15-16H,14H2,1-2H3,(H,29,30,31);3-10,12H,11,21H2,1-2H3;2-10H,1H3,(H,22,23,24);2-10H,1H3,(H,24,25)(H,21,22,23);8H,1-6H2/t16-;12-;2*10-;/m0000./s1. The van der Waals surface area contributed by atoms with Crippen LogP contribution in [-0.2, 0) is 13.1 Å². The van der Waals surface area contributed by atoms with Crippen molar-refractivity contribution in [2.75, 3.05) is 56.4 Å². The molecule has 4 atom stereocenters. The third kappa shape index (κ3) is 19.2. The number of fused-ring (bicyclic) bond motifs is 7. The van der Waals surface area contributed by atoms with Crippen LogP contribution in [0.25, 0.3) is 76.2 Å². The number of pyridine rings is 7. The Bertz CT molecular complexity index is 6360. The average Bonchev–Trinajstić information content (AvgIpc) is 0.804. The third-order valence-electron chi connectivity index (χ3n) is 19.5. The number of likely N-dealkylation sites (tertiary alicyclic amines) is 1. The van der Waals surface area contributed by atoms with Gasteiger partial charge in [0.25, 0.3) is 16.7 Å². The predicted octanol–water partition coefficient (Wildman–Crippen LogP) is 17.8. The van der Waals surface area contributed by atoms with E-state index in [4.69, 9.17) is 78.3 Å². The number of hydrogen-bond donors (Lipinski definition) is 6. The first-order chi connectivity index (χ1) is 56.2. The summed E-state index contributed by atoms with van der Waals surface area (Å²) >= 11 is 31.4. The smallest absolute Gasteiger partial charge is 0.260 e. The van der Waals surface area contributed by atoms with E-state index in [1.807, 2.05) is 185 Å². The van der Waals surface area contributed by atoms with Crippen LogP contribution in [0.5, 0.6) is 11.5 Å². The number of halogens is 5. The zero-order valence-corrected chi connectivity index (χ0v) is 67.8. The van der Waals surface area contributed by atoms with Gasteiger partial charge in [0.2, 0.25) is 0 Å². The molecule has 0 aliphatic carbocycles. The molecule has 116 heavy (non-hydrogen) atoms. The molecule has 7 N–H and O–H groups in total. The number of nitrogens with one attached hydrogen (secondary N) is 4. The van der Waals surface area contributed by atoms with Crippen molar-refractivity contribution in [1.29, 1.82) is 0 Å². The minimum atomic E-state index is -0.265. The van der Waals surface area contributed by atoms with E-state index in [-0.39, 0.29) is 40.8 Å². The monoisotopic (exact) mass is 1650 g/mol. The van der Waals surface area contributed by atoms with Gasteiger partial charge in [-0.25, -0.2) is 34.9 Å². The van der Waals surface area contributed by atoms with Gasteiger partial charge < -0.3 is 55.3 Å². The van der Waals surface area contributed by atoms with Crippen LogP contribution < -0.4 is 47.8 Å². The first-order valence-corrected chi connectivity index (χ1v) is 39.2. The van der Waals surface area contributed by atoms with E-state index in [0.717, 1.165) is 95.4 Å². The SMILES string of the molecule is COc1ccc(Cn2c([C@H](C)N)cc3cccc(Cl)c3c2=O)cc1.COc1ccc(Cn2c([C@H](C)Nc3ncnc4cccnc34)cc3cccc(Cl)c3c2=O)cc1.C[C@H](Nc1ncnc2cccnc12)c1cc2cccc(Cl)c2c(=O)[nH]1.C[C@H](Nc1ncnc2cccnc12)c1cc2cccc(Cl)c2c(Cl)n1.OCCN1CCCC1. The highest BCUT2D eigenvalue weighted by atomic mass is 35.5. The van der Waals surface area contributed by atoms with E-state index < -0.39 is 0 Å². The first kappa shape index (κ1) is 82.2. The molecule has 0 radical (unpaired) electrons. The van der Waals surface area contributed by atoms with Gasteiger partial charge in [-0.3, -0.25) is 29.3 Å². The molecule has 16 aromatic rings. The van der Waals surface area contributed by atoms with Crippen molar-refractivity contribution in [2.24, 2.45) is 5.73 Å². The second-order valence-corrected chi connectivity index (χ2v) is 29.4. The Balaban J connectivity index is 0.000000131. The highest BCUT2D eigenvalue weighted by Gasteiger charge is 2.22. The Labute approximate surface area is 691 Å². The minimum absolute atomic E-state index is 0.124. The molecule has 1 saturated heterocycles. The third-order valence-corrected chi connectivity index (χ3v) is 21.1. The number of aromatic nitrogens is 13. The van der Waals surface area contributed by atoms with Gasteiger partial charge in [-0.05, 0) is 195 Å². The molecular weight excluding hydrogens is 1570 g/mol. The molecule has 1 fully saturated rings. The number of anilines is 3. The number of benzene rings is 6. The summed E-state index contributed by atoms with van der Waals surface area (Å²) < 4.78 is 13.9. The van der Waals surface area contributed by atoms with Crippen LogP contribution in [0.4, 0.5) is 17.5 Å². The molecule has 6 aromatic carbocycles. The van der Waals surface area contributed by atoms with Crippen molar-refractivity contribution >= 4 is 152 Å². The van der Waals surface area contributed by atoms with Crippen molar-refractivity contribution in [3.05, 3.63) is 310 Å². The second kappa shape index (κ2) is 38.1. The summed E-state index contributed by atoms with van der Waals surface area (Å²) in [6.07, 6.45) is 12.3. The van der Waals surface area contributed by atoms with Gasteiger partial charge in [-0.15, -0.1) is 0 Å². The van der Waals surface area contributed by atoms with Crippen LogP contribution in [0.2, 0.25) is 25.2 Å². The quantitative estimate of drug-likeness (QED) is 0.0435. The zero-order chi connectivity index (χ0) is 81.5. The number of nitrogens with two attached hydrogens (primary N) is 1. The summed E-state index contributed by atoms with van der Waals surface area (Å²) in [7, 11) is 3.25. The van der Waals surface area contributed by atoms with Crippen molar-refractivity contribution in [3.63, 3.8) is 0 Å². The van der Waals surface area contributed by atoms with Crippen molar-refractivity contribution in [3.8, 4) is 11.5 Å². The lowest BCUT2D eigenvalue weighted by molar-refractivity contribution is 0.221. The van der Waals surface area contributed by atoms with Crippen molar-refractivity contribution in [1.82, 2.24) is 68.9 Å². The highest BCUT2D eigenvalue weighted by Crippen LogP contribution is 2.34. The van der Waals surface area contributed by atoms with Gasteiger partial charge in [-0.2, -0.15) is 0 Å². The van der Waals surface area contributed by atoms with Crippen LogP contribution in [-0.4, -0.2) is 114 Å². The van der Waals surface area contributed by atoms with Gasteiger partial charge in [0, 0.05) is 53.6 Å². The number of aliphatic hydroxyl groups is 1. The highest BCUT2D eigenvalue weighted by molar-refractivity contribution is 6.41. The van der Waals surface area contributed by atoms with Gasteiger partial charge in [0.15, 0.2) is 17.5 Å². The Hall–Kier alpha value is -11.8. The van der Waals surface area contributed by atoms with Crippen molar-refractivity contribution < 1.29 is 14.6 Å². The summed E-state index contributed by atoms with van der Waals surface area (Å²) in [6, 6.07) is 55.5. The summed E-state index contributed by atoms with van der Waals surface area (Å²) in [5.41, 5.74) is 15.0. The summed E-state index contributed by atoms with van der Waals surface area (Å²) in [6.45, 7) is 12.2. The van der Waals surface area contributed by atoms with Gasteiger partial charge >= 0.3 is 0 Å². The predicted molar refractivity (Wildman–Crippen MR) is 465 cm³/mol. The summed E-state index contributed by atoms with van der Waals surface area (Å²) in [5.74, 6) is 3.41. The molecule has 1 aliphatic heterocycles. The number of rotatable bonds is 18. The number of aromatic amines is 1. The maximum Gasteiger partial charge on any atom is 0.260 e. The average molecular weight is 1650 g/mol. The number of nitrogens with zero attached hydrogens (tertiary/aromatic N) is 13. The maximum atomic E-state index is 13.7. The molecule has 10 aromatic heterocycles. The lowest BCUT2D eigenvalue weighted by Crippen LogP contribution is -2.27. The number of ether oxygens (including phenoxy) is 2. The maximum absolute atomic E-state index is 13.7. The van der Waals surface area contributed by atoms with Gasteiger partial charge in [0.1, 0.15) is 52.2 Å². The van der Waals surface area contributed by atoms with E-state index in [2.05, 4.69) is 75.7 Å². The Kier molecular flexibility index (Phi) is 27.0. The minimum Gasteiger partial charge on any atom is -0.497 e. The van der Waals surface area contributed by atoms with Crippen LogP contribution >= 0.6 is 58.0 Å². The normalized spacial score (nSPS) is 13.0. The molecule has 0 amide bonds. The number of hydrogen-bond acceptors (Lipinski definition) is 21. The van der Waals surface area contributed by atoms with Crippen LogP contribution in [0, 0.1) is 0 Å². The first-order valence-electron chi connectivity index (χ1n) is 37.3. The summed E-state index contributed by atoms with van der Waals surface area (Å²) in [4.78, 5) is 87.5. The molecule has 0 bridgehead atoms. The van der Waals surface area contributed by atoms with E-state index in [9.17, 15) is 14.4 Å². The molecule has 0 unspecified atom stereocenters. The molecule has 1 aliphatic rings. The van der Waals surface area contributed by atoms with E-state index in [1.54, 1.807) is 66.2 Å². The lowest BCUT2D eigenvalue weighted by Gasteiger charge is -2.22. The number of β-amino-alcohol motifs (C(OH)–C–C–N with tert-alkyl or cyclic N) is 1. The van der Waals surface area contributed by atoms with Crippen molar-refractivity contribution in [2.45, 2.75) is 77.8 Å². The van der Waals surface area contributed by atoms with E-state index in [1.165, 1.54) is 44.9 Å². The Morgan fingerprint density at radius 3 is 1.32 bits per heavy atom. The fourth-order valence-corrected chi connectivity index (χ4v) is 15.0. The second-order valence-electron chi connectivity index (χ2n) is 27.4. The molecule has 24 nitrogen and oxygen atoms in total. The van der Waals surface area contributed by atoms with Gasteiger partial charge in [0.05, 0.1) is 111 Å². The molecule has 29 heteroatoms. The summed E-state index contributed by atoms with van der Waals surface area (Å²) in [5, 5.41) is 26.5. The molecular formula is C87H81Cl5N18O6. The molecule has 590 valence electrons. The molecule has 11 heterocycles.